The summed E-state index contributed by atoms with van der Waals surface area (Å²) in [4.78, 5) is 8.50. The normalized spacial score (nSPS) is 9.94. The van der Waals surface area contributed by atoms with E-state index < -0.39 is 0 Å². The summed E-state index contributed by atoms with van der Waals surface area (Å²) < 4.78 is 3.84. The van der Waals surface area contributed by atoms with Gasteiger partial charge < -0.3 is 0 Å². The molecule has 0 fully saturated rings. The molecule has 0 atom stereocenters. The van der Waals surface area contributed by atoms with Crippen LogP contribution in [0.4, 0.5) is 0 Å². The number of nitrogens with zero attached hydrogens (tertiary/aromatic N) is 8. The SMILES string of the molecule is CCC.[Pt].c1ccc(-c2nnc3ccccn23)nc1.c1ccc(-c2nnc3ccccn23)nc1. The smallest absolute Gasteiger partial charge is 0.186 e. The third kappa shape index (κ3) is 5.77. The van der Waals surface area contributed by atoms with Crippen LogP contribution in [0.2, 0.25) is 0 Å². The average Bonchev–Trinajstić information content (AvgIpc) is 3.51. The molecule has 0 aromatic carbocycles. The van der Waals surface area contributed by atoms with Crippen LogP contribution in [0.5, 0.6) is 0 Å². The van der Waals surface area contributed by atoms with E-state index in [1.54, 1.807) is 12.4 Å². The third-order valence-corrected chi connectivity index (χ3v) is 4.42. The second-order valence-corrected chi connectivity index (χ2v) is 7.04. The molecule has 0 N–H and O–H groups in total. The second-order valence-electron chi connectivity index (χ2n) is 7.04. The van der Waals surface area contributed by atoms with Crippen molar-refractivity contribution in [1.29, 1.82) is 0 Å². The van der Waals surface area contributed by atoms with Gasteiger partial charge in [0, 0.05) is 45.9 Å². The van der Waals surface area contributed by atoms with Gasteiger partial charge in [0.25, 0.3) is 0 Å². The summed E-state index contributed by atoms with van der Waals surface area (Å²) in [5.74, 6) is 1.54. The summed E-state index contributed by atoms with van der Waals surface area (Å²) >= 11 is 0. The minimum atomic E-state index is 0. The van der Waals surface area contributed by atoms with Crippen molar-refractivity contribution in [2.45, 2.75) is 20.3 Å². The maximum atomic E-state index is 4.25. The molecule has 0 aliphatic heterocycles. The maximum Gasteiger partial charge on any atom is 0.186 e. The molecule has 0 saturated heterocycles. The van der Waals surface area contributed by atoms with Crippen LogP contribution in [-0.4, -0.2) is 39.2 Å². The zero-order chi connectivity index (χ0) is 22.9. The van der Waals surface area contributed by atoms with Gasteiger partial charge in [0.15, 0.2) is 22.9 Å². The minimum absolute atomic E-state index is 0. The van der Waals surface area contributed by atoms with Gasteiger partial charge in [0.05, 0.1) is 0 Å². The Morgan fingerprint density at radius 2 is 0.971 bits per heavy atom. The van der Waals surface area contributed by atoms with Crippen molar-refractivity contribution in [2.24, 2.45) is 0 Å². The summed E-state index contributed by atoms with van der Waals surface area (Å²) in [6.07, 6.45) is 8.61. The number of fused-ring (bicyclic) bond motifs is 2. The van der Waals surface area contributed by atoms with Crippen molar-refractivity contribution >= 4 is 11.3 Å². The van der Waals surface area contributed by atoms with Crippen molar-refractivity contribution in [2.75, 3.05) is 0 Å². The summed E-state index contributed by atoms with van der Waals surface area (Å²) in [5.41, 5.74) is 3.32. The van der Waals surface area contributed by atoms with E-state index in [0.717, 1.165) is 34.3 Å². The first-order chi connectivity index (χ1) is 16.3. The third-order valence-electron chi connectivity index (χ3n) is 4.42. The summed E-state index contributed by atoms with van der Waals surface area (Å²) in [6, 6.07) is 23.1. The van der Waals surface area contributed by atoms with E-state index in [0.29, 0.717) is 0 Å². The van der Waals surface area contributed by atoms with Gasteiger partial charge in [0.2, 0.25) is 0 Å². The Morgan fingerprint density at radius 1 is 0.559 bits per heavy atom. The molecule has 6 aromatic heterocycles. The van der Waals surface area contributed by atoms with Crippen LogP contribution < -0.4 is 0 Å². The maximum absolute atomic E-state index is 4.25. The van der Waals surface area contributed by atoms with Crippen LogP contribution in [0.15, 0.2) is 97.6 Å². The number of hydrogen-bond donors (Lipinski definition) is 0. The molecule has 0 saturated carbocycles. The Labute approximate surface area is 212 Å². The number of rotatable bonds is 2. The topological polar surface area (TPSA) is 86.2 Å². The van der Waals surface area contributed by atoms with E-state index in [-0.39, 0.29) is 21.1 Å². The first kappa shape index (κ1) is 24.9. The number of pyridine rings is 4. The Balaban J connectivity index is 0.000000167. The van der Waals surface area contributed by atoms with Crippen LogP contribution in [0.25, 0.3) is 34.3 Å². The molecule has 34 heavy (non-hydrogen) atoms. The molecule has 0 bridgehead atoms. The van der Waals surface area contributed by atoms with E-state index in [9.17, 15) is 0 Å². The Bertz CT molecular complexity index is 1300. The fourth-order valence-corrected chi connectivity index (χ4v) is 3.02. The van der Waals surface area contributed by atoms with Crippen LogP contribution in [0.1, 0.15) is 20.3 Å². The van der Waals surface area contributed by atoms with Gasteiger partial charge in [0.1, 0.15) is 11.4 Å². The minimum Gasteiger partial charge on any atom is -0.281 e. The van der Waals surface area contributed by atoms with Crippen molar-refractivity contribution in [3.05, 3.63) is 97.6 Å². The van der Waals surface area contributed by atoms with Crippen molar-refractivity contribution in [1.82, 2.24) is 39.2 Å². The van der Waals surface area contributed by atoms with E-state index in [1.807, 2.05) is 94.0 Å². The summed E-state index contributed by atoms with van der Waals surface area (Å²) in [7, 11) is 0. The van der Waals surface area contributed by atoms with Gasteiger partial charge in [-0.25, -0.2) is 0 Å². The van der Waals surface area contributed by atoms with Gasteiger partial charge in [-0.2, -0.15) is 0 Å². The molecule has 9 heteroatoms. The van der Waals surface area contributed by atoms with E-state index in [2.05, 4.69) is 44.2 Å². The van der Waals surface area contributed by atoms with Crippen LogP contribution >= 0.6 is 0 Å². The molecular weight excluding hydrogens is 607 g/mol. The zero-order valence-corrected chi connectivity index (χ0v) is 21.1. The first-order valence-corrected chi connectivity index (χ1v) is 10.7. The predicted octanol–water partition coefficient (Wildman–Crippen LogP) is 5.00. The fraction of sp³-hybridized carbons (Fsp3) is 0.120. The van der Waals surface area contributed by atoms with Crippen molar-refractivity contribution in [3.8, 4) is 23.0 Å². The Morgan fingerprint density at radius 3 is 1.35 bits per heavy atom. The van der Waals surface area contributed by atoms with E-state index in [4.69, 9.17) is 0 Å². The average molecular weight is 632 g/mol. The van der Waals surface area contributed by atoms with Crippen LogP contribution in [0, 0.1) is 0 Å². The van der Waals surface area contributed by atoms with E-state index in [1.165, 1.54) is 6.42 Å². The monoisotopic (exact) mass is 631 g/mol. The summed E-state index contributed by atoms with van der Waals surface area (Å²) in [5, 5.41) is 16.4. The summed E-state index contributed by atoms with van der Waals surface area (Å²) in [6.45, 7) is 4.25. The quantitative estimate of drug-likeness (QED) is 0.268. The number of aromatic nitrogens is 8. The second kappa shape index (κ2) is 12.5. The van der Waals surface area contributed by atoms with Gasteiger partial charge in [-0.1, -0.05) is 44.5 Å². The van der Waals surface area contributed by atoms with Crippen LogP contribution in [-0.2, 0) is 21.1 Å². The molecular formula is C25H24N8Pt. The van der Waals surface area contributed by atoms with Gasteiger partial charge >= 0.3 is 0 Å². The van der Waals surface area contributed by atoms with E-state index >= 15 is 0 Å². The molecule has 0 aliphatic carbocycles. The molecule has 6 aromatic rings. The molecule has 0 radical (unpaired) electrons. The standard InChI is InChI=1S/2C11H8N4.C3H8.Pt/c2*1-3-7-12-9(5-1)11-14-13-10-6-2-4-8-15(10)11;1-3-2;/h2*1-8H;3H2,1-2H3;. The molecule has 6 rings (SSSR count). The van der Waals surface area contributed by atoms with Gasteiger partial charge in [-0.3, -0.25) is 18.8 Å². The molecule has 0 aliphatic rings. The molecule has 0 spiro atoms. The first-order valence-electron chi connectivity index (χ1n) is 10.7. The Kier molecular flexibility index (Phi) is 9.11. The molecule has 8 nitrogen and oxygen atoms in total. The predicted molar refractivity (Wildman–Crippen MR) is 128 cm³/mol. The van der Waals surface area contributed by atoms with Gasteiger partial charge in [-0.15, -0.1) is 20.4 Å². The number of hydrogen-bond acceptors (Lipinski definition) is 6. The fourth-order valence-electron chi connectivity index (χ4n) is 3.02. The Hall–Kier alpha value is -3.77. The van der Waals surface area contributed by atoms with Crippen molar-refractivity contribution < 1.29 is 21.1 Å². The molecule has 174 valence electrons. The van der Waals surface area contributed by atoms with Crippen LogP contribution in [0.3, 0.4) is 0 Å². The largest absolute Gasteiger partial charge is 0.281 e. The molecule has 0 amide bonds. The molecule has 6 heterocycles. The van der Waals surface area contributed by atoms with Crippen molar-refractivity contribution in [3.63, 3.8) is 0 Å². The zero-order valence-electron chi connectivity index (χ0n) is 18.8. The van der Waals surface area contributed by atoms with Gasteiger partial charge in [-0.05, 0) is 48.5 Å². The molecule has 0 unspecified atom stereocenters.